The van der Waals surface area contributed by atoms with E-state index >= 15 is 0 Å². The molecule has 0 unspecified atom stereocenters. The predicted molar refractivity (Wildman–Crippen MR) is 111 cm³/mol. The van der Waals surface area contributed by atoms with Gasteiger partial charge in [-0.25, -0.2) is 0 Å². The van der Waals surface area contributed by atoms with Crippen LogP contribution in [0.25, 0.3) is 0 Å². The van der Waals surface area contributed by atoms with Crippen LogP contribution in [-0.4, -0.2) is 16.8 Å². The van der Waals surface area contributed by atoms with Crippen LogP contribution in [0.2, 0.25) is 0 Å². The maximum Gasteiger partial charge on any atom is 0.264 e. The Kier molecular flexibility index (Phi) is 4.77. The molecule has 1 aromatic carbocycles. The van der Waals surface area contributed by atoms with Gasteiger partial charge in [0.1, 0.15) is 5.76 Å². The predicted octanol–water partition coefficient (Wildman–Crippen LogP) is 4.73. The molecule has 1 aliphatic heterocycles. The highest BCUT2D eigenvalue weighted by atomic mass is 79.9. The Labute approximate surface area is 174 Å². The Hall–Kier alpha value is -2.22. The number of benzene rings is 1. The van der Waals surface area contributed by atoms with E-state index in [4.69, 9.17) is 4.42 Å². The topological polar surface area (TPSA) is 70.7 Å². The summed E-state index contributed by atoms with van der Waals surface area (Å²) < 4.78 is 6.05. The van der Waals surface area contributed by atoms with Crippen LogP contribution in [0.4, 0.5) is 5.69 Å². The fourth-order valence-electron chi connectivity index (χ4n) is 3.72. The maximum atomic E-state index is 13.3. The van der Waals surface area contributed by atoms with Gasteiger partial charge in [-0.05, 0) is 49.1 Å². The first-order chi connectivity index (χ1) is 13.3. The van der Waals surface area contributed by atoms with Crippen molar-refractivity contribution in [2.75, 3.05) is 4.90 Å². The largest absolute Gasteiger partial charge is 0.469 e. The average Bonchev–Trinajstić information content (AvgIpc) is 3.32. The number of fused-ring (bicyclic) bond motifs is 1. The third-order valence-electron chi connectivity index (χ3n) is 5.04. The number of nitrogens with zero attached hydrogens (tertiary/aromatic N) is 1. The number of hydrogen-bond acceptors (Lipinski definition) is 5. The smallest absolute Gasteiger partial charge is 0.264 e. The molecule has 0 saturated heterocycles. The number of thiophene rings is 1. The lowest BCUT2D eigenvalue weighted by Gasteiger charge is -2.22. The zero-order chi connectivity index (χ0) is 20.1. The molecule has 0 bridgehead atoms. The number of hydrogen-bond donors (Lipinski definition) is 1. The number of ketones is 1. The number of anilines is 1. The molecule has 5 nitrogen and oxygen atoms in total. The van der Waals surface area contributed by atoms with Crippen molar-refractivity contribution in [3.05, 3.63) is 73.8 Å². The molecule has 1 amide bonds. The minimum atomic E-state index is -1.91. The lowest BCUT2D eigenvalue weighted by Crippen LogP contribution is -2.41. The van der Waals surface area contributed by atoms with Crippen LogP contribution in [0.5, 0.6) is 0 Å². The van der Waals surface area contributed by atoms with Gasteiger partial charge in [0.25, 0.3) is 5.91 Å². The monoisotopic (exact) mass is 459 g/mol. The van der Waals surface area contributed by atoms with Crippen molar-refractivity contribution in [3.8, 4) is 0 Å². The summed E-state index contributed by atoms with van der Waals surface area (Å²) in [5.74, 6) is -0.314. The van der Waals surface area contributed by atoms with Gasteiger partial charge in [-0.3, -0.25) is 9.59 Å². The molecule has 1 atom stereocenters. The second-order valence-corrected chi connectivity index (χ2v) is 8.89. The highest BCUT2D eigenvalue weighted by Gasteiger charge is 2.51. The Morgan fingerprint density at radius 1 is 1.32 bits per heavy atom. The van der Waals surface area contributed by atoms with Gasteiger partial charge in [-0.15, -0.1) is 11.3 Å². The van der Waals surface area contributed by atoms with Crippen molar-refractivity contribution in [2.24, 2.45) is 0 Å². The van der Waals surface area contributed by atoms with Crippen LogP contribution in [0.15, 0.2) is 50.9 Å². The van der Waals surface area contributed by atoms with Crippen molar-refractivity contribution in [3.63, 3.8) is 0 Å². The van der Waals surface area contributed by atoms with E-state index in [-0.39, 0.29) is 12.2 Å². The second-order valence-electron chi connectivity index (χ2n) is 6.94. The quantitative estimate of drug-likeness (QED) is 0.559. The number of halogens is 1. The maximum absolute atomic E-state index is 13.3. The normalized spacial score (nSPS) is 18.6. The summed E-state index contributed by atoms with van der Waals surface area (Å²) in [5, 5.41) is 13.4. The molecule has 0 saturated carbocycles. The molecular weight excluding hydrogens is 442 g/mol. The lowest BCUT2D eigenvalue weighted by molar-refractivity contribution is -0.136. The van der Waals surface area contributed by atoms with Crippen molar-refractivity contribution in [1.82, 2.24) is 0 Å². The van der Waals surface area contributed by atoms with E-state index in [1.165, 1.54) is 6.26 Å². The Morgan fingerprint density at radius 2 is 2.11 bits per heavy atom. The molecule has 1 aliphatic rings. The van der Waals surface area contributed by atoms with Crippen LogP contribution < -0.4 is 4.90 Å². The summed E-state index contributed by atoms with van der Waals surface area (Å²) in [6, 6.07) is 9.19. The van der Waals surface area contributed by atoms with E-state index < -0.39 is 11.5 Å². The molecule has 0 fully saturated rings. The SMILES string of the molecule is Cc1coc(C)c1C(=O)C[C@@]1(O)C(=O)N(Cc2cccs2)c2ccc(Br)cc21. The highest BCUT2D eigenvalue weighted by molar-refractivity contribution is 9.10. The molecule has 3 heterocycles. The molecule has 144 valence electrons. The summed E-state index contributed by atoms with van der Waals surface area (Å²) in [4.78, 5) is 28.8. The molecule has 0 spiro atoms. The van der Waals surface area contributed by atoms with E-state index in [0.717, 1.165) is 9.35 Å². The van der Waals surface area contributed by atoms with Gasteiger partial charge in [0.05, 0.1) is 30.5 Å². The molecule has 7 heteroatoms. The fourth-order valence-corrected chi connectivity index (χ4v) is 4.77. The Bertz CT molecular complexity index is 1050. The number of furan rings is 1. The number of rotatable bonds is 5. The lowest BCUT2D eigenvalue weighted by atomic mass is 9.87. The van der Waals surface area contributed by atoms with E-state index in [1.54, 1.807) is 42.2 Å². The molecule has 4 rings (SSSR count). The number of carbonyl (C=O) groups excluding carboxylic acids is 2. The van der Waals surface area contributed by atoms with Gasteiger partial charge in [-0.2, -0.15) is 0 Å². The molecule has 1 N–H and O–H groups in total. The molecule has 2 aromatic heterocycles. The second kappa shape index (κ2) is 6.99. The van der Waals surface area contributed by atoms with E-state index in [2.05, 4.69) is 15.9 Å². The Balaban J connectivity index is 1.74. The summed E-state index contributed by atoms with van der Waals surface area (Å²) in [6.45, 7) is 3.83. The van der Waals surface area contributed by atoms with Gasteiger partial charge >= 0.3 is 0 Å². The van der Waals surface area contributed by atoms with Crippen LogP contribution in [0.3, 0.4) is 0 Å². The third kappa shape index (κ3) is 3.03. The molecule has 0 radical (unpaired) electrons. The number of amides is 1. The van der Waals surface area contributed by atoms with Gasteiger partial charge in [0.2, 0.25) is 0 Å². The third-order valence-corrected chi connectivity index (χ3v) is 6.40. The van der Waals surface area contributed by atoms with Crippen LogP contribution in [0, 0.1) is 13.8 Å². The number of Topliss-reactive ketones (excluding diaryl/α,β-unsaturated/α-hetero) is 1. The summed E-state index contributed by atoms with van der Waals surface area (Å²) in [7, 11) is 0. The highest BCUT2D eigenvalue weighted by Crippen LogP contribution is 2.45. The fraction of sp³-hybridized carbons (Fsp3) is 0.238. The number of aryl methyl sites for hydroxylation is 2. The van der Waals surface area contributed by atoms with E-state index in [1.807, 2.05) is 23.6 Å². The molecular formula is C21H18BrNO4S. The number of aliphatic hydroxyl groups is 1. The molecule has 0 aliphatic carbocycles. The molecule has 28 heavy (non-hydrogen) atoms. The van der Waals surface area contributed by atoms with Crippen LogP contribution in [-0.2, 0) is 16.9 Å². The first-order valence-electron chi connectivity index (χ1n) is 8.76. The summed E-state index contributed by atoms with van der Waals surface area (Å²) in [6.07, 6.45) is 1.17. The van der Waals surface area contributed by atoms with Crippen molar-refractivity contribution < 1.29 is 19.1 Å². The van der Waals surface area contributed by atoms with Gasteiger partial charge in [-0.1, -0.05) is 22.0 Å². The van der Waals surface area contributed by atoms with Crippen LogP contribution >= 0.6 is 27.3 Å². The number of carbonyl (C=O) groups is 2. The van der Waals surface area contributed by atoms with Gasteiger partial charge in [0.15, 0.2) is 11.4 Å². The zero-order valence-corrected chi connectivity index (χ0v) is 17.8. The Morgan fingerprint density at radius 3 is 2.75 bits per heavy atom. The van der Waals surface area contributed by atoms with Crippen molar-refractivity contribution in [1.29, 1.82) is 0 Å². The van der Waals surface area contributed by atoms with Gasteiger partial charge in [0, 0.05) is 14.9 Å². The van der Waals surface area contributed by atoms with Crippen molar-refractivity contribution in [2.45, 2.75) is 32.4 Å². The molecule has 3 aromatic rings. The van der Waals surface area contributed by atoms with Gasteiger partial charge < -0.3 is 14.4 Å². The first kappa shape index (κ1) is 19.1. The summed E-state index contributed by atoms with van der Waals surface area (Å²) >= 11 is 4.95. The van der Waals surface area contributed by atoms with E-state index in [9.17, 15) is 14.7 Å². The minimum absolute atomic E-state index is 0.316. The zero-order valence-electron chi connectivity index (χ0n) is 15.4. The summed E-state index contributed by atoms with van der Waals surface area (Å²) in [5.41, 5.74) is 0.271. The minimum Gasteiger partial charge on any atom is -0.469 e. The van der Waals surface area contributed by atoms with Crippen molar-refractivity contribution >= 4 is 44.6 Å². The standard InChI is InChI=1S/C21H18BrNO4S/c1-12-11-27-13(2)19(12)18(24)9-21(26)16-8-14(22)5-6-17(16)23(20(21)25)10-15-4-3-7-28-15/h3-8,11,26H,9-10H2,1-2H3/t21-/m0/s1. The van der Waals surface area contributed by atoms with E-state index in [0.29, 0.717) is 34.7 Å². The first-order valence-corrected chi connectivity index (χ1v) is 10.4. The van der Waals surface area contributed by atoms with Crippen LogP contribution in [0.1, 0.15) is 38.5 Å². The average molecular weight is 460 g/mol.